The number of nitrogens with zero attached hydrogens (tertiary/aromatic N) is 2. The first-order valence-electron chi connectivity index (χ1n) is 6.13. The van der Waals surface area contributed by atoms with E-state index in [1.807, 2.05) is 60.7 Å². The highest BCUT2D eigenvalue weighted by Gasteiger charge is 2.12. The van der Waals surface area contributed by atoms with Gasteiger partial charge in [-0.2, -0.15) is 0 Å². The second kappa shape index (κ2) is 6.50. The molecule has 0 aromatic heterocycles. The Balaban J connectivity index is 2.13. The number of hydrogen-bond acceptors (Lipinski definition) is 1. The van der Waals surface area contributed by atoms with Crippen molar-refractivity contribution in [2.24, 2.45) is 4.99 Å². The van der Waals surface area contributed by atoms with Crippen LogP contribution in [-0.4, -0.2) is 17.6 Å². The summed E-state index contributed by atoms with van der Waals surface area (Å²) in [4.78, 5) is 17.0. The summed E-state index contributed by atoms with van der Waals surface area (Å²) in [7, 11) is 0. The number of benzene rings is 2. The van der Waals surface area contributed by atoms with Crippen LogP contribution in [0.3, 0.4) is 0 Å². The van der Waals surface area contributed by atoms with Crippen LogP contribution in [0.5, 0.6) is 0 Å². The molecule has 2 rings (SSSR count). The molecule has 0 radical (unpaired) electrons. The lowest BCUT2D eigenvalue weighted by Crippen LogP contribution is -2.27. The third-order valence-electron chi connectivity index (χ3n) is 2.84. The van der Waals surface area contributed by atoms with Crippen LogP contribution in [0.15, 0.2) is 65.7 Å². The number of carbonyl (C=O) groups excluding carboxylic acids is 1. The topological polar surface area (TPSA) is 32.7 Å². The Kier molecular flexibility index (Phi) is 4.45. The molecule has 3 nitrogen and oxygen atoms in total. The van der Waals surface area contributed by atoms with Crippen LogP contribution in [-0.2, 0) is 13.1 Å². The summed E-state index contributed by atoms with van der Waals surface area (Å²) in [6, 6.07) is 19.4. The zero-order valence-electron chi connectivity index (χ0n) is 10.7. The lowest BCUT2D eigenvalue weighted by atomic mass is 10.2. The highest BCUT2D eigenvalue weighted by atomic mass is 16.2. The summed E-state index contributed by atoms with van der Waals surface area (Å²) in [5.41, 5.74) is 2.16. The monoisotopic (exact) mass is 252 g/mol. The van der Waals surface area contributed by atoms with Crippen molar-refractivity contribution in [2.75, 3.05) is 0 Å². The van der Waals surface area contributed by atoms with Gasteiger partial charge >= 0.3 is 6.03 Å². The molecule has 0 heterocycles. The van der Waals surface area contributed by atoms with Crippen LogP contribution in [0.1, 0.15) is 11.1 Å². The summed E-state index contributed by atoms with van der Waals surface area (Å²) < 4.78 is 0. The number of urea groups is 1. The van der Waals surface area contributed by atoms with E-state index in [1.165, 1.54) is 0 Å². The molecule has 96 valence electrons. The first-order chi connectivity index (χ1) is 9.29. The molecule has 2 aromatic rings. The summed E-state index contributed by atoms with van der Waals surface area (Å²) in [5.74, 6) is 0. The Hall–Kier alpha value is -2.42. The van der Waals surface area contributed by atoms with Crippen LogP contribution in [0.2, 0.25) is 0 Å². The minimum atomic E-state index is -0.298. The van der Waals surface area contributed by atoms with Crippen LogP contribution in [0.25, 0.3) is 0 Å². The van der Waals surface area contributed by atoms with Gasteiger partial charge in [-0.3, -0.25) is 0 Å². The zero-order valence-corrected chi connectivity index (χ0v) is 10.7. The molecule has 0 N–H and O–H groups in total. The van der Waals surface area contributed by atoms with Crippen molar-refractivity contribution in [2.45, 2.75) is 13.1 Å². The number of rotatable bonds is 4. The van der Waals surface area contributed by atoms with E-state index < -0.39 is 0 Å². The zero-order chi connectivity index (χ0) is 13.5. The van der Waals surface area contributed by atoms with E-state index in [1.54, 1.807) is 4.90 Å². The molecule has 0 bridgehead atoms. The van der Waals surface area contributed by atoms with Crippen molar-refractivity contribution in [3.63, 3.8) is 0 Å². The van der Waals surface area contributed by atoms with Gasteiger partial charge < -0.3 is 4.90 Å². The molecule has 0 aliphatic rings. The van der Waals surface area contributed by atoms with Gasteiger partial charge in [0, 0.05) is 13.1 Å². The Labute approximate surface area is 113 Å². The molecular weight excluding hydrogens is 236 g/mol. The second-order valence-electron chi connectivity index (χ2n) is 4.27. The van der Waals surface area contributed by atoms with Crippen molar-refractivity contribution in [3.05, 3.63) is 71.8 Å². The van der Waals surface area contributed by atoms with E-state index in [2.05, 4.69) is 11.7 Å². The Morgan fingerprint density at radius 2 is 1.32 bits per heavy atom. The maximum Gasteiger partial charge on any atom is 0.343 e. The molecule has 19 heavy (non-hydrogen) atoms. The highest BCUT2D eigenvalue weighted by molar-refractivity contribution is 5.78. The van der Waals surface area contributed by atoms with Crippen molar-refractivity contribution in [3.8, 4) is 0 Å². The third-order valence-corrected chi connectivity index (χ3v) is 2.84. The average Bonchev–Trinajstić information content (AvgIpc) is 2.48. The molecule has 2 aromatic carbocycles. The minimum absolute atomic E-state index is 0.298. The lowest BCUT2D eigenvalue weighted by molar-refractivity contribution is 0.203. The molecule has 2 amide bonds. The maximum absolute atomic E-state index is 11.8. The van der Waals surface area contributed by atoms with Crippen LogP contribution < -0.4 is 0 Å². The molecule has 0 saturated heterocycles. The Morgan fingerprint density at radius 3 is 1.68 bits per heavy atom. The fraction of sp³-hybridized carbons (Fsp3) is 0.125. The lowest BCUT2D eigenvalue weighted by Gasteiger charge is -2.20. The van der Waals surface area contributed by atoms with E-state index >= 15 is 0 Å². The fourth-order valence-electron chi connectivity index (χ4n) is 1.90. The first kappa shape index (κ1) is 13.0. The maximum atomic E-state index is 11.8. The normalized spacial score (nSPS) is 9.89. The molecule has 0 atom stereocenters. The molecule has 0 aliphatic carbocycles. The minimum Gasteiger partial charge on any atom is -0.314 e. The standard InChI is InChI=1S/C16H16N2O/c1-17-16(19)18(12-14-8-4-2-5-9-14)13-15-10-6-3-7-11-15/h2-11H,1,12-13H2. The van der Waals surface area contributed by atoms with Crippen molar-refractivity contribution in [1.82, 2.24) is 4.90 Å². The van der Waals surface area contributed by atoms with Crippen LogP contribution >= 0.6 is 0 Å². The van der Waals surface area contributed by atoms with Gasteiger partial charge in [-0.15, -0.1) is 0 Å². The van der Waals surface area contributed by atoms with Gasteiger partial charge in [-0.25, -0.2) is 9.79 Å². The van der Waals surface area contributed by atoms with Gasteiger partial charge in [0.15, 0.2) is 0 Å². The van der Waals surface area contributed by atoms with E-state index in [9.17, 15) is 4.79 Å². The average molecular weight is 252 g/mol. The summed E-state index contributed by atoms with van der Waals surface area (Å²) in [6.45, 7) is 4.39. The highest BCUT2D eigenvalue weighted by Crippen LogP contribution is 2.11. The van der Waals surface area contributed by atoms with Crippen molar-refractivity contribution >= 4 is 12.7 Å². The van der Waals surface area contributed by atoms with Crippen molar-refractivity contribution in [1.29, 1.82) is 0 Å². The van der Waals surface area contributed by atoms with Gasteiger partial charge in [0.1, 0.15) is 0 Å². The number of carbonyl (C=O) groups is 1. The van der Waals surface area contributed by atoms with Gasteiger partial charge in [-0.1, -0.05) is 60.7 Å². The summed E-state index contributed by atoms with van der Waals surface area (Å²) in [6.07, 6.45) is 0. The van der Waals surface area contributed by atoms with Gasteiger partial charge in [0.05, 0.1) is 0 Å². The largest absolute Gasteiger partial charge is 0.343 e. The predicted molar refractivity (Wildman–Crippen MR) is 77.1 cm³/mol. The van der Waals surface area contributed by atoms with E-state index in [0.717, 1.165) is 11.1 Å². The van der Waals surface area contributed by atoms with Crippen LogP contribution in [0, 0.1) is 0 Å². The predicted octanol–water partition coefficient (Wildman–Crippen LogP) is 3.51. The smallest absolute Gasteiger partial charge is 0.314 e. The fourth-order valence-corrected chi connectivity index (χ4v) is 1.90. The Bertz CT molecular complexity index is 496. The van der Waals surface area contributed by atoms with Gasteiger partial charge in [0.2, 0.25) is 0 Å². The number of hydrogen-bond donors (Lipinski definition) is 0. The Morgan fingerprint density at radius 1 is 0.895 bits per heavy atom. The number of amides is 2. The SMILES string of the molecule is C=NC(=O)N(Cc1ccccc1)Cc1ccccc1. The van der Waals surface area contributed by atoms with Gasteiger partial charge in [-0.05, 0) is 17.8 Å². The summed E-state index contributed by atoms with van der Waals surface area (Å²) >= 11 is 0. The van der Waals surface area contributed by atoms with Crippen LogP contribution in [0.4, 0.5) is 4.79 Å². The van der Waals surface area contributed by atoms with E-state index in [0.29, 0.717) is 13.1 Å². The van der Waals surface area contributed by atoms with E-state index in [4.69, 9.17) is 0 Å². The molecule has 0 spiro atoms. The molecule has 3 heteroatoms. The quantitative estimate of drug-likeness (QED) is 0.766. The first-order valence-corrected chi connectivity index (χ1v) is 6.13. The number of aliphatic imine (C=N–C) groups is 1. The molecule has 0 unspecified atom stereocenters. The summed E-state index contributed by atoms with van der Waals surface area (Å²) in [5, 5.41) is 0. The molecule has 0 aliphatic heterocycles. The van der Waals surface area contributed by atoms with Gasteiger partial charge in [0.25, 0.3) is 0 Å². The molecular formula is C16H16N2O. The second-order valence-corrected chi connectivity index (χ2v) is 4.27. The van der Waals surface area contributed by atoms with E-state index in [-0.39, 0.29) is 6.03 Å². The third kappa shape index (κ3) is 3.78. The van der Waals surface area contributed by atoms with Crippen molar-refractivity contribution < 1.29 is 4.79 Å². The molecule has 0 saturated carbocycles. The molecule has 0 fully saturated rings.